The maximum atomic E-state index is 12.5. The van der Waals surface area contributed by atoms with Crippen molar-refractivity contribution in [1.29, 1.82) is 5.26 Å². The molecule has 0 heterocycles. The first-order chi connectivity index (χ1) is 14.7. The molecule has 0 bridgehead atoms. The summed E-state index contributed by atoms with van der Waals surface area (Å²) in [5.74, 6) is -0.545. The van der Waals surface area contributed by atoms with Crippen molar-refractivity contribution in [3.05, 3.63) is 103 Å². The van der Waals surface area contributed by atoms with E-state index in [9.17, 15) is 10.1 Å². The van der Waals surface area contributed by atoms with E-state index in [2.05, 4.69) is 37.4 Å². The van der Waals surface area contributed by atoms with Crippen LogP contribution in [0, 0.1) is 25.2 Å². The predicted molar refractivity (Wildman–Crippen MR) is 129 cm³/mol. The summed E-state index contributed by atoms with van der Waals surface area (Å²) in [5.41, 5.74) is 5.63. The second kappa shape index (κ2) is 10.0. The van der Waals surface area contributed by atoms with E-state index < -0.39 is 5.91 Å². The smallest absolute Gasteiger partial charge is 0.266 e. The van der Waals surface area contributed by atoms with Gasteiger partial charge in [0.2, 0.25) is 0 Å². The number of nitriles is 1. The molecule has 3 aromatic carbocycles. The first-order valence-electron chi connectivity index (χ1n) is 9.49. The van der Waals surface area contributed by atoms with Crippen molar-refractivity contribution in [2.45, 2.75) is 20.3 Å². The number of carbonyl (C=O) groups excluding carboxylic acids is 1. The van der Waals surface area contributed by atoms with Gasteiger partial charge in [-0.1, -0.05) is 76.3 Å². The van der Waals surface area contributed by atoms with Crippen LogP contribution in [0.1, 0.15) is 27.8 Å². The summed E-state index contributed by atoms with van der Waals surface area (Å²) in [7, 11) is 0. The van der Waals surface area contributed by atoms with Crippen LogP contribution in [0.15, 0.2) is 60.2 Å². The third kappa shape index (κ3) is 6.12. The predicted octanol–water partition coefficient (Wildman–Crippen LogP) is 7.40. The van der Waals surface area contributed by atoms with Crippen molar-refractivity contribution in [2.75, 3.05) is 5.32 Å². The van der Waals surface area contributed by atoms with Gasteiger partial charge in [-0.3, -0.25) is 4.79 Å². The topological polar surface area (TPSA) is 52.9 Å². The molecule has 0 aliphatic heterocycles. The van der Waals surface area contributed by atoms with Crippen LogP contribution in [0.2, 0.25) is 15.1 Å². The summed E-state index contributed by atoms with van der Waals surface area (Å²) in [6.45, 7) is 4.14. The van der Waals surface area contributed by atoms with E-state index in [1.165, 1.54) is 28.8 Å². The number of nitrogens with one attached hydrogen (secondary N) is 1. The molecule has 0 atom stereocenters. The molecular formula is C25H19Cl3N2O. The van der Waals surface area contributed by atoms with E-state index in [1.54, 1.807) is 18.2 Å². The molecule has 0 aromatic heterocycles. The van der Waals surface area contributed by atoms with E-state index in [-0.39, 0.29) is 5.57 Å². The number of amides is 1. The molecular weight excluding hydrogens is 451 g/mol. The zero-order valence-electron chi connectivity index (χ0n) is 17.0. The van der Waals surface area contributed by atoms with E-state index in [1.807, 2.05) is 18.2 Å². The van der Waals surface area contributed by atoms with Gasteiger partial charge in [0.05, 0.1) is 10.0 Å². The molecule has 3 nitrogen and oxygen atoms in total. The first-order valence-corrected chi connectivity index (χ1v) is 10.6. The molecule has 0 saturated heterocycles. The zero-order valence-corrected chi connectivity index (χ0v) is 19.2. The number of anilines is 1. The molecule has 0 aliphatic rings. The quantitative estimate of drug-likeness (QED) is 0.312. The van der Waals surface area contributed by atoms with Gasteiger partial charge in [0, 0.05) is 10.7 Å². The molecule has 0 fully saturated rings. The molecule has 31 heavy (non-hydrogen) atoms. The van der Waals surface area contributed by atoms with Crippen LogP contribution in [-0.2, 0) is 11.2 Å². The minimum atomic E-state index is -0.545. The van der Waals surface area contributed by atoms with Crippen LogP contribution in [-0.4, -0.2) is 5.91 Å². The van der Waals surface area contributed by atoms with Gasteiger partial charge in [0.1, 0.15) is 11.6 Å². The summed E-state index contributed by atoms with van der Waals surface area (Å²) in [6.07, 6.45) is 2.20. The minimum absolute atomic E-state index is 0.0517. The Labute approximate surface area is 196 Å². The summed E-state index contributed by atoms with van der Waals surface area (Å²) in [6, 6.07) is 18.6. The van der Waals surface area contributed by atoms with Gasteiger partial charge >= 0.3 is 0 Å². The molecule has 3 aromatic rings. The number of benzene rings is 3. The molecule has 0 spiro atoms. The van der Waals surface area contributed by atoms with Gasteiger partial charge in [-0.25, -0.2) is 0 Å². The fourth-order valence-electron chi connectivity index (χ4n) is 3.28. The van der Waals surface area contributed by atoms with Crippen LogP contribution >= 0.6 is 34.8 Å². The zero-order chi connectivity index (χ0) is 22.5. The van der Waals surface area contributed by atoms with Crippen molar-refractivity contribution in [1.82, 2.24) is 0 Å². The van der Waals surface area contributed by atoms with E-state index >= 15 is 0 Å². The molecule has 1 N–H and O–H groups in total. The Morgan fingerprint density at radius 3 is 2.26 bits per heavy atom. The van der Waals surface area contributed by atoms with E-state index in [0.717, 1.165) is 5.56 Å². The minimum Gasteiger partial charge on any atom is -0.321 e. The Balaban J connectivity index is 1.79. The van der Waals surface area contributed by atoms with E-state index in [0.29, 0.717) is 32.7 Å². The average Bonchev–Trinajstić information content (AvgIpc) is 2.70. The fraction of sp³-hybridized carbons (Fsp3) is 0.120. The Hall–Kier alpha value is -2.77. The number of hydrogen-bond donors (Lipinski definition) is 1. The highest BCUT2D eigenvalue weighted by molar-refractivity contribution is 6.42. The highest BCUT2D eigenvalue weighted by Crippen LogP contribution is 2.26. The maximum Gasteiger partial charge on any atom is 0.266 e. The highest BCUT2D eigenvalue weighted by Gasteiger charge is 2.11. The van der Waals surface area contributed by atoms with Gasteiger partial charge in [-0.2, -0.15) is 5.26 Å². The molecule has 0 saturated carbocycles. The van der Waals surface area contributed by atoms with Crippen molar-refractivity contribution in [2.24, 2.45) is 0 Å². The largest absolute Gasteiger partial charge is 0.321 e. The SMILES string of the molecule is Cc1cc(C)cc(Cc2ccc(/C=C(\C#N)C(=O)Nc3ccc(Cl)c(Cl)c3)cc2Cl)c1. The van der Waals surface area contributed by atoms with Crippen LogP contribution in [0.5, 0.6) is 0 Å². The Kier molecular flexibility index (Phi) is 7.41. The normalized spacial score (nSPS) is 11.2. The Morgan fingerprint density at radius 1 is 0.935 bits per heavy atom. The number of hydrogen-bond acceptors (Lipinski definition) is 2. The first kappa shape index (κ1) is 22.9. The van der Waals surface area contributed by atoms with Crippen molar-refractivity contribution >= 4 is 52.5 Å². The lowest BCUT2D eigenvalue weighted by Gasteiger charge is -2.09. The van der Waals surface area contributed by atoms with Crippen LogP contribution in [0.4, 0.5) is 5.69 Å². The number of nitrogens with zero attached hydrogens (tertiary/aromatic N) is 1. The molecule has 0 unspecified atom stereocenters. The molecule has 0 aliphatic carbocycles. The molecule has 3 rings (SSSR count). The number of carbonyl (C=O) groups is 1. The molecule has 0 radical (unpaired) electrons. The number of rotatable bonds is 5. The molecule has 1 amide bonds. The summed E-state index contributed by atoms with van der Waals surface area (Å²) in [4.78, 5) is 12.5. The lowest BCUT2D eigenvalue weighted by atomic mass is 9.99. The van der Waals surface area contributed by atoms with Crippen molar-refractivity contribution in [3.63, 3.8) is 0 Å². The van der Waals surface area contributed by atoms with Crippen LogP contribution in [0.3, 0.4) is 0 Å². The third-order valence-corrected chi connectivity index (χ3v) is 5.70. The average molecular weight is 470 g/mol. The monoisotopic (exact) mass is 468 g/mol. The standard InChI is InChI=1S/C25H19Cl3N2O/c1-15-7-16(2)9-18(8-15)11-19-4-3-17(12-23(19)27)10-20(14-29)25(31)30-21-5-6-22(26)24(28)13-21/h3-10,12-13H,11H2,1-2H3,(H,30,31)/b20-10+. The van der Waals surface area contributed by atoms with Crippen LogP contribution in [0.25, 0.3) is 6.08 Å². The van der Waals surface area contributed by atoms with Gasteiger partial charge in [-0.15, -0.1) is 0 Å². The van der Waals surface area contributed by atoms with Gasteiger partial charge in [0.25, 0.3) is 5.91 Å². The number of aryl methyl sites for hydroxylation is 2. The Morgan fingerprint density at radius 2 is 1.65 bits per heavy atom. The second-order valence-electron chi connectivity index (χ2n) is 7.28. The Bertz CT molecular complexity index is 1210. The number of halogens is 3. The summed E-state index contributed by atoms with van der Waals surface area (Å²) in [5, 5.41) is 13.4. The van der Waals surface area contributed by atoms with E-state index in [4.69, 9.17) is 34.8 Å². The van der Waals surface area contributed by atoms with Gasteiger partial charge < -0.3 is 5.32 Å². The molecule has 156 valence electrons. The third-order valence-electron chi connectivity index (χ3n) is 4.61. The second-order valence-corrected chi connectivity index (χ2v) is 8.50. The van der Waals surface area contributed by atoms with Crippen LogP contribution < -0.4 is 5.32 Å². The summed E-state index contributed by atoms with van der Waals surface area (Å²) >= 11 is 18.3. The van der Waals surface area contributed by atoms with Gasteiger partial charge in [-0.05, 0) is 67.3 Å². The van der Waals surface area contributed by atoms with Crippen molar-refractivity contribution in [3.8, 4) is 6.07 Å². The van der Waals surface area contributed by atoms with Crippen molar-refractivity contribution < 1.29 is 4.79 Å². The van der Waals surface area contributed by atoms with Gasteiger partial charge in [0.15, 0.2) is 0 Å². The summed E-state index contributed by atoms with van der Waals surface area (Å²) < 4.78 is 0. The lowest BCUT2D eigenvalue weighted by molar-refractivity contribution is -0.112. The maximum absolute atomic E-state index is 12.5. The highest BCUT2D eigenvalue weighted by atomic mass is 35.5. The lowest BCUT2D eigenvalue weighted by Crippen LogP contribution is -2.13. The molecule has 6 heteroatoms. The fourth-order valence-corrected chi connectivity index (χ4v) is 3.83.